The Labute approximate surface area is 134 Å². The van der Waals surface area contributed by atoms with Gasteiger partial charge in [-0.15, -0.1) is 11.3 Å². The number of aryl methyl sites for hydroxylation is 1. The van der Waals surface area contributed by atoms with Crippen LogP contribution < -0.4 is 4.72 Å². The smallest absolute Gasteiger partial charge is 0.250 e. The van der Waals surface area contributed by atoms with Crippen molar-refractivity contribution in [3.63, 3.8) is 0 Å². The quantitative estimate of drug-likeness (QED) is 0.864. The van der Waals surface area contributed by atoms with Crippen molar-refractivity contribution in [2.24, 2.45) is 0 Å². The van der Waals surface area contributed by atoms with Gasteiger partial charge in [-0.25, -0.2) is 13.1 Å². The Kier molecular flexibility index (Phi) is 4.60. The maximum atomic E-state index is 12.5. The van der Waals surface area contributed by atoms with Gasteiger partial charge in [-0.3, -0.25) is 0 Å². The maximum absolute atomic E-state index is 12.5. The highest BCUT2D eigenvalue weighted by Gasteiger charge is 2.23. The third-order valence-corrected chi connectivity index (χ3v) is 6.76. The molecular weight excluding hydrogens is 322 g/mol. The van der Waals surface area contributed by atoms with E-state index in [4.69, 9.17) is 4.52 Å². The summed E-state index contributed by atoms with van der Waals surface area (Å²) in [4.78, 5) is 4.12. The van der Waals surface area contributed by atoms with Crippen molar-refractivity contribution < 1.29 is 12.9 Å². The zero-order valence-corrected chi connectivity index (χ0v) is 14.0. The highest BCUT2D eigenvalue weighted by atomic mass is 32.2. The minimum Gasteiger partial charge on any atom is -0.339 e. The molecule has 1 aliphatic rings. The zero-order valence-electron chi connectivity index (χ0n) is 12.4. The molecule has 120 valence electrons. The lowest BCUT2D eigenvalue weighted by molar-refractivity contribution is 0.394. The average Bonchev–Trinajstić information content (AvgIpc) is 3.04. The highest BCUT2D eigenvalue weighted by Crippen LogP contribution is 2.27. The van der Waals surface area contributed by atoms with Crippen molar-refractivity contribution in [1.29, 1.82) is 0 Å². The topological polar surface area (TPSA) is 85.1 Å². The van der Waals surface area contributed by atoms with E-state index in [1.54, 1.807) is 18.4 Å². The van der Waals surface area contributed by atoms with Gasteiger partial charge in [0, 0.05) is 23.9 Å². The molecule has 0 bridgehead atoms. The van der Waals surface area contributed by atoms with Crippen LogP contribution in [0, 0.1) is 6.92 Å². The molecule has 0 aliphatic heterocycles. The Morgan fingerprint density at radius 2 is 2.00 bits per heavy atom. The van der Waals surface area contributed by atoms with Crippen LogP contribution in [0.3, 0.4) is 0 Å². The van der Waals surface area contributed by atoms with Gasteiger partial charge in [-0.1, -0.05) is 30.8 Å². The lowest BCUT2D eigenvalue weighted by Gasteiger charge is -2.15. The van der Waals surface area contributed by atoms with Crippen molar-refractivity contribution in [1.82, 2.24) is 14.9 Å². The Morgan fingerprint density at radius 1 is 1.27 bits per heavy atom. The van der Waals surface area contributed by atoms with E-state index in [2.05, 4.69) is 14.9 Å². The number of hydrogen-bond donors (Lipinski definition) is 1. The van der Waals surface area contributed by atoms with Gasteiger partial charge < -0.3 is 4.52 Å². The third kappa shape index (κ3) is 3.56. The molecule has 6 nitrogen and oxygen atoms in total. The molecule has 2 aromatic heterocycles. The number of sulfonamides is 1. The summed E-state index contributed by atoms with van der Waals surface area (Å²) in [7, 11) is -3.47. The summed E-state index contributed by atoms with van der Waals surface area (Å²) in [6.45, 7) is 1.70. The minimum atomic E-state index is -3.47. The Bertz CT molecular complexity index is 728. The molecule has 0 radical (unpaired) electrons. The van der Waals surface area contributed by atoms with Gasteiger partial charge in [0.05, 0.1) is 0 Å². The second-order valence-electron chi connectivity index (χ2n) is 5.60. The Hall–Kier alpha value is -1.25. The van der Waals surface area contributed by atoms with Gasteiger partial charge >= 0.3 is 0 Å². The molecule has 1 saturated carbocycles. The van der Waals surface area contributed by atoms with Crippen LogP contribution in [-0.4, -0.2) is 24.6 Å². The predicted octanol–water partition coefficient (Wildman–Crippen LogP) is 3.11. The van der Waals surface area contributed by atoms with Gasteiger partial charge in [-0.05, 0) is 18.9 Å². The van der Waals surface area contributed by atoms with Crippen LogP contribution >= 0.6 is 11.3 Å². The third-order valence-electron chi connectivity index (χ3n) is 3.80. The summed E-state index contributed by atoms with van der Waals surface area (Å²) in [5.41, 5.74) is 0.670. The number of nitrogens with one attached hydrogen (secondary N) is 1. The second kappa shape index (κ2) is 6.47. The fourth-order valence-corrected chi connectivity index (χ4v) is 5.15. The van der Waals surface area contributed by atoms with Crippen molar-refractivity contribution in [2.75, 3.05) is 0 Å². The molecule has 0 saturated heterocycles. The summed E-state index contributed by atoms with van der Waals surface area (Å²) in [5.74, 6) is 0.881. The van der Waals surface area contributed by atoms with Crippen LogP contribution in [0.4, 0.5) is 0 Å². The van der Waals surface area contributed by atoms with E-state index in [1.165, 1.54) is 24.2 Å². The molecule has 22 heavy (non-hydrogen) atoms. The van der Waals surface area contributed by atoms with Crippen molar-refractivity contribution >= 4 is 21.4 Å². The molecule has 1 aliphatic carbocycles. The SMILES string of the molecule is Cc1nc(-c2csc(S(=O)(=O)NC3CCCCCC3)c2)no1. The Balaban J connectivity index is 1.76. The number of hydrogen-bond acceptors (Lipinski definition) is 6. The fraction of sp³-hybridized carbons (Fsp3) is 0.571. The summed E-state index contributed by atoms with van der Waals surface area (Å²) in [5, 5.41) is 5.56. The molecule has 1 fully saturated rings. The van der Waals surface area contributed by atoms with Crippen molar-refractivity contribution in [3.8, 4) is 11.4 Å². The highest BCUT2D eigenvalue weighted by molar-refractivity contribution is 7.91. The van der Waals surface area contributed by atoms with Gasteiger partial charge in [0.25, 0.3) is 0 Å². The van der Waals surface area contributed by atoms with E-state index >= 15 is 0 Å². The summed E-state index contributed by atoms with van der Waals surface area (Å²) >= 11 is 1.18. The number of aromatic nitrogens is 2. The molecule has 2 heterocycles. The van der Waals surface area contributed by atoms with Crippen LogP contribution in [0.5, 0.6) is 0 Å². The Morgan fingerprint density at radius 3 is 2.64 bits per heavy atom. The number of thiophene rings is 1. The molecule has 0 unspecified atom stereocenters. The summed E-state index contributed by atoms with van der Waals surface area (Å²) in [6, 6.07) is 1.65. The zero-order chi connectivity index (χ0) is 15.6. The molecule has 3 rings (SSSR count). The minimum absolute atomic E-state index is 0.0467. The van der Waals surface area contributed by atoms with Gasteiger partial charge in [-0.2, -0.15) is 4.98 Å². The number of nitrogens with zero attached hydrogens (tertiary/aromatic N) is 2. The molecule has 2 aromatic rings. The molecule has 0 spiro atoms. The maximum Gasteiger partial charge on any atom is 0.250 e. The van der Waals surface area contributed by atoms with E-state index in [0.717, 1.165) is 25.7 Å². The van der Waals surface area contributed by atoms with Gasteiger partial charge in [0.15, 0.2) is 0 Å². The first-order valence-electron chi connectivity index (χ1n) is 7.46. The van der Waals surface area contributed by atoms with E-state index in [0.29, 0.717) is 21.5 Å². The van der Waals surface area contributed by atoms with E-state index in [-0.39, 0.29) is 6.04 Å². The largest absolute Gasteiger partial charge is 0.339 e. The van der Waals surface area contributed by atoms with Crippen LogP contribution in [-0.2, 0) is 10.0 Å². The first-order valence-corrected chi connectivity index (χ1v) is 9.82. The summed E-state index contributed by atoms with van der Waals surface area (Å²) in [6.07, 6.45) is 6.40. The average molecular weight is 341 g/mol. The molecule has 8 heteroatoms. The molecular formula is C14H19N3O3S2. The van der Waals surface area contributed by atoms with Gasteiger partial charge in [0.2, 0.25) is 21.7 Å². The summed E-state index contributed by atoms with van der Waals surface area (Å²) < 4.78 is 33.1. The predicted molar refractivity (Wildman–Crippen MR) is 84.2 cm³/mol. The van der Waals surface area contributed by atoms with E-state index in [1.807, 2.05) is 0 Å². The van der Waals surface area contributed by atoms with Crippen LogP contribution in [0.1, 0.15) is 44.4 Å². The lowest BCUT2D eigenvalue weighted by atomic mass is 10.1. The van der Waals surface area contributed by atoms with Crippen molar-refractivity contribution in [2.45, 2.75) is 55.7 Å². The van der Waals surface area contributed by atoms with Gasteiger partial charge in [0.1, 0.15) is 4.21 Å². The van der Waals surface area contributed by atoms with Crippen molar-refractivity contribution in [3.05, 3.63) is 17.3 Å². The lowest BCUT2D eigenvalue weighted by Crippen LogP contribution is -2.33. The molecule has 1 N–H and O–H groups in total. The van der Waals surface area contributed by atoms with Crippen LogP contribution in [0.25, 0.3) is 11.4 Å². The molecule has 0 atom stereocenters. The van der Waals surface area contributed by atoms with Crippen LogP contribution in [0.2, 0.25) is 0 Å². The standard InChI is InChI=1S/C14H19N3O3S2/c1-10-15-14(16-20-10)11-8-13(21-9-11)22(18,19)17-12-6-4-2-3-5-7-12/h8-9,12,17H,2-7H2,1H3. The first kappa shape index (κ1) is 15.6. The fourth-order valence-electron chi connectivity index (χ4n) is 2.67. The van der Waals surface area contributed by atoms with E-state index in [9.17, 15) is 8.42 Å². The molecule has 0 aromatic carbocycles. The number of rotatable bonds is 4. The normalized spacial score (nSPS) is 17.5. The van der Waals surface area contributed by atoms with Crippen LogP contribution in [0.15, 0.2) is 20.2 Å². The van der Waals surface area contributed by atoms with E-state index < -0.39 is 10.0 Å². The molecule has 0 amide bonds. The second-order valence-corrected chi connectivity index (χ2v) is 8.45. The first-order chi connectivity index (χ1) is 10.5. The monoisotopic (exact) mass is 341 g/mol.